The summed E-state index contributed by atoms with van der Waals surface area (Å²) < 4.78 is 13.7. The largest absolute Gasteiger partial charge is 0.358 e. The first-order valence-corrected chi connectivity index (χ1v) is 10.3. The standard InChI is InChI=1S/C22H25FN4O2/c1-13(11-24)25-21(28)15-4-2-3-5-16(15)22(29)27-9-8-20-18(12-27)17-10-14(23)6-7-19(17)26-20/h6-7,10,13,15-16,26H,2-5,8-9,12H2,1H3,(H,25,28)/t13-,15-,16-/m1/s1. The van der Waals surface area contributed by atoms with Gasteiger partial charge in [0.2, 0.25) is 11.8 Å². The zero-order valence-corrected chi connectivity index (χ0v) is 16.5. The van der Waals surface area contributed by atoms with Crippen molar-refractivity contribution >= 4 is 22.7 Å². The number of carbonyl (C=O) groups excluding carboxylic acids is 2. The van der Waals surface area contributed by atoms with Gasteiger partial charge >= 0.3 is 0 Å². The summed E-state index contributed by atoms with van der Waals surface area (Å²) in [6, 6.07) is 6.11. The molecule has 6 nitrogen and oxygen atoms in total. The van der Waals surface area contributed by atoms with E-state index in [-0.39, 0.29) is 23.5 Å². The monoisotopic (exact) mass is 396 g/mol. The molecular weight excluding hydrogens is 371 g/mol. The summed E-state index contributed by atoms with van der Waals surface area (Å²) in [5.41, 5.74) is 2.90. The lowest BCUT2D eigenvalue weighted by atomic mass is 9.77. The Morgan fingerprint density at radius 1 is 1.31 bits per heavy atom. The molecule has 0 bridgehead atoms. The number of H-pyrrole nitrogens is 1. The molecule has 4 rings (SSSR count). The van der Waals surface area contributed by atoms with E-state index in [4.69, 9.17) is 5.26 Å². The second kappa shape index (κ2) is 7.86. The third kappa shape index (κ3) is 3.71. The zero-order chi connectivity index (χ0) is 20.5. The summed E-state index contributed by atoms with van der Waals surface area (Å²) in [6.45, 7) is 2.65. The van der Waals surface area contributed by atoms with Gasteiger partial charge in [0.05, 0.1) is 6.07 Å². The predicted molar refractivity (Wildman–Crippen MR) is 106 cm³/mol. The number of benzene rings is 1. The second-order valence-electron chi connectivity index (χ2n) is 8.14. The number of hydrogen-bond donors (Lipinski definition) is 2. The molecule has 1 aromatic carbocycles. The van der Waals surface area contributed by atoms with Gasteiger partial charge in [-0.3, -0.25) is 9.59 Å². The Hall–Kier alpha value is -2.88. The number of amides is 2. The highest BCUT2D eigenvalue weighted by Gasteiger charge is 2.39. The van der Waals surface area contributed by atoms with Crippen LogP contribution in [0.5, 0.6) is 0 Å². The first-order valence-electron chi connectivity index (χ1n) is 10.3. The van der Waals surface area contributed by atoms with Crippen LogP contribution in [0.15, 0.2) is 18.2 Å². The Labute approximate surface area is 169 Å². The summed E-state index contributed by atoms with van der Waals surface area (Å²) in [5.74, 6) is -1.26. The molecular formula is C22H25FN4O2. The van der Waals surface area contributed by atoms with Crippen molar-refractivity contribution in [1.29, 1.82) is 5.26 Å². The number of aromatic nitrogens is 1. The number of nitriles is 1. The minimum absolute atomic E-state index is 0.00846. The number of nitrogens with zero attached hydrogens (tertiary/aromatic N) is 2. The van der Waals surface area contributed by atoms with Crippen LogP contribution in [0.1, 0.15) is 43.9 Å². The lowest BCUT2D eigenvalue weighted by Crippen LogP contribution is -2.47. The molecule has 152 valence electrons. The van der Waals surface area contributed by atoms with Gasteiger partial charge in [-0.1, -0.05) is 12.8 Å². The Morgan fingerprint density at radius 3 is 2.83 bits per heavy atom. The number of fused-ring (bicyclic) bond motifs is 3. The van der Waals surface area contributed by atoms with Crippen molar-refractivity contribution < 1.29 is 14.0 Å². The van der Waals surface area contributed by atoms with Crippen LogP contribution in [-0.2, 0) is 22.6 Å². The number of aromatic amines is 1. The van der Waals surface area contributed by atoms with Gasteiger partial charge in [0.25, 0.3) is 0 Å². The fraction of sp³-hybridized carbons (Fsp3) is 0.500. The van der Waals surface area contributed by atoms with Crippen molar-refractivity contribution in [2.75, 3.05) is 6.54 Å². The molecule has 1 aromatic heterocycles. The van der Waals surface area contributed by atoms with Crippen molar-refractivity contribution in [2.45, 2.75) is 51.6 Å². The molecule has 1 fully saturated rings. The van der Waals surface area contributed by atoms with E-state index in [1.807, 2.05) is 11.0 Å². The van der Waals surface area contributed by atoms with Crippen LogP contribution in [0, 0.1) is 29.0 Å². The molecule has 0 spiro atoms. The Balaban J connectivity index is 1.54. The van der Waals surface area contributed by atoms with Crippen LogP contribution in [0.25, 0.3) is 10.9 Å². The maximum Gasteiger partial charge on any atom is 0.226 e. The highest BCUT2D eigenvalue weighted by Crippen LogP contribution is 2.34. The van der Waals surface area contributed by atoms with Crippen LogP contribution in [0.4, 0.5) is 4.39 Å². The summed E-state index contributed by atoms with van der Waals surface area (Å²) in [6.07, 6.45) is 3.87. The lowest BCUT2D eigenvalue weighted by Gasteiger charge is -2.36. The Morgan fingerprint density at radius 2 is 2.07 bits per heavy atom. The maximum absolute atomic E-state index is 13.7. The number of halogens is 1. The molecule has 29 heavy (non-hydrogen) atoms. The van der Waals surface area contributed by atoms with Gasteiger partial charge in [-0.25, -0.2) is 4.39 Å². The number of nitrogens with one attached hydrogen (secondary N) is 2. The van der Waals surface area contributed by atoms with Crippen LogP contribution < -0.4 is 5.32 Å². The quantitative estimate of drug-likeness (QED) is 0.836. The highest BCUT2D eigenvalue weighted by molar-refractivity contribution is 5.89. The van der Waals surface area contributed by atoms with E-state index in [0.717, 1.165) is 35.0 Å². The fourth-order valence-corrected chi connectivity index (χ4v) is 4.70. The third-order valence-corrected chi connectivity index (χ3v) is 6.22. The van der Waals surface area contributed by atoms with E-state index in [2.05, 4.69) is 10.3 Å². The first-order chi connectivity index (χ1) is 14.0. The smallest absolute Gasteiger partial charge is 0.226 e. The van der Waals surface area contributed by atoms with Crippen molar-refractivity contribution in [1.82, 2.24) is 15.2 Å². The van der Waals surface area contributed by atoms with Crippen molar-refractivity contribution in [3.63, 3.8) is 0 Å². The molecule has 3 atom stereocenters. The van der Waals surface area contributed by atoms with Gasteiger partial charge in [0, 0.05) is 53.5 Å². The summed E-state index contributed by atoms with van der Waals surface area (Å²) >= 11 is 0. The summed E-state index contributed by atoms with van der Waals surface area (Å²) in [7, 11) is 0. The molecule has 1 aliphatic carbocycles. The topological polar surface area (TPSA) is 89.0 Å². The van der Waals surface area contributed by atoms with E-state index in [1.165, 1.54) is 12.1 Å². The molecule has 2 heterocycles. The van der Waals surface area contributed by atoms with Crippen molar-refractivity contribution in [3.05, 3.63) is 35.3 Å². The van der Waals surface area contributed by atoms with Crippen LogP contribution >= 0.6 is 0 Å². The number of hydrogen-bond acceptors (Lipinski definition) is 3. The van der Waals surface area contributed by atoms with Crippen LogP contribution in [-0.4, -0.2) is 34.3 Å². The van der Waals surface area contributed by atoms with E-state index >= 15 is 0 Å². The molecule has 2 N–H and O–H groups in total. The normalized spacial score (nSPS) is 22.6. The SMILES string of the molecule is C[C@H](C#N)NC(=O)[C@@H]1CCCC[C@H]1C(=O)N1CCc2[nH]c3ccc(F)cc3c2C1. The maximum atomic E-state index is 13.7. The molecule has 2 aromatic rings. The van der Waals surface area contributed by atoms with Gasteiger partial charge in [-0.05, 0) is 38.0 Å². The summed E-state index contributed by atoms with van der Waals surface area (Å²) in [4.78, 5) is 31.2. The molecule has 0 unspecified atom stereocenters. The minimum Gasteiger partial charge on any atom is -0.358 e. The second-order valence-corrected chi connectivity index (χ2v) is 8.14. The molecule has 2 amide bonds. The average molecular weight is 396 g/mol. The molecule has 1 saturated carbocycles. The van der Waals surface area contributed by atoms with E-state index in [9.17, 15) is 14.0 Å². The van der Waals surface area contributed by atoms with Gasteiger partial charge < -0.3 is 15.2 Å². The first kappa shape index (κ1) is 19.4. The van der Waals surface area contributed by atoms with Gasteiger partial charge in [0.1, 0.15) is 11.9 Å². The predicted octanol–water partition coefficient (Wildman–Crippen LogP) is 3.03. The highest BCUT2D eigenvalue weighted by atomic mass is 19.1. The van der Waals surface area contributed by atoms with Gasteiger partial charge in [-0.2, -0.15) is 5.26 Å². The lowest BCUT2D eigenvalue weighted by molar-refractivity contribution is -0.144. The number of carbonyl (C=O) groups is 2. The molecule has 2 aliphatic rings. The van der Waals surface area contributed by atoms with E-state index in [0.29, 0.717) is 32.4 Å². The van der Waals surface area contributed by atoms with Crippen LogP contribution in [0.3, 0.4) is 0 Å². The third-order valence-electron chi connectivity index (χ3n) is 6.22. The average Bonchev–Trinajstić information content (AvgIpc) is 3.10. The van der Waals surface area contributed by atoms with Gasteiger partial charge in [0.15, 0.2) is 0 Å². The molecule has 1 aliphatic heterocycles. The molecule has 0 saturated heterocycles. The Bertz CT molecular complexity index is 993. The van der Waals surface area contributed by atoms with Gasteiger partial charge in [-0.15, -0.1) is 0 Å². The minimum atomic E-state index is -0.571. The van der Waals surface area contributed by atoms with E-state index in [1.54, 1.807) is 13.0 Å². The van der Waals surface area contributed by atoms with Crippen LogP contribution in [0.2, 0.25) is 0 Å². The fourth-order valence-electron chi connectivity index (χ4n) is 4.70. The number of rotatable bonds is 3. The Kier molecular flexibility index (Phi) is 5.27. The van der Waals surface area contributed by atoms with Crippen molar-refractivity contribution in [2.24, 2.45) is 11.8 Å². The van der Waals surface area contributed by atoms with E-state index < -0.39 is 12.0 Å². The zero-order valence-electron chi connectivity index (χ0n) is 16.5. The molecule has 0 radical (unpaired) electrons. The van der Waals surface area contributed by atoms with Crippen molar-refractivity contribution in [3.8, 4) is 6.07 Å². The molecule has 7 heteroatoms. The summed E-state index contributed by atoms with van der Waals surface area (Å²) in [5, 5.41) is 12.5.